The van der Waals surface area contributed by atoms with E-state index >= 15 is 0 Å². The molecule has 1 N–H and O–H groups in total. The summed E-state index contributed by atoms with van der Waals surface area (Å²) in [7, 11) is 1.50. The average molecular weight is 473 g/mol. The Morgan fingerprint density at radius 2 is 1.59 bits per heavy atom. The zero-order chi connectivity index (χ0) is 24.9. The number of halogens is 3. The second kappa shape index (κ2) is 10.3. The summed E-state index contributed by atoms with van der Waals surface area (Å²) < 4.78 is 49.9. The number of anilines is 1. The smallest absolute Gasteiger partial charge is 0.390 e. The molecule has 0 saturated carbocycles. The molecule has 3 aromatic rings. The number of hydrogen-bond acceptors (Lipinski definition) is 4. The molecule has 3 rings (SSSR count). The van der Waals surface area contributed by atoms with Crippen LogP contribution in [-0.2, 0) is 0 Å². The third-order valence-electron chi connectivity index (χ3n) is 5.09. The quantitative estimate of drug-likeness (QED) is 0.428. The molecule has 0 spiro atoms. The molecule has 9 heteroatoms. The minimum absolute atomic E-state index is 0.0946. The van der Waals surface area contributed by atoms with Gasteiger partial charge in [0.1, 0.15) is 5.75 Å². The molecule has 0 fully saturated rings. The van der Waals surface area contributed by atoms with Crippen LogP contribution in [-0.4, -0.2) is 36.8 Å². The van der Waals surface area contributed by atoms with E-state index in [-0.39, 0.29) is 22.4 Å². The van der Waals surface area contributed by atoms with Crippen LogP contribution in [0.25, 0.3) is 0 Å². The summed E-state index contributed by atoms with van der Waals surface area (Å²) in [5.74, 6) is -0.571. The first-order valence-electron chi connectivity index (χ1n) is 10.2. The van der Waals surface area contributed by atoms with Gasteiger partial charge in [0.25, 0.3) is 5.91 Å². The third-order valence-corrected chi connectivity index (χ3v) is 5.09. The van der Waals surface area contributed by atoms with E-state index in [1.54, 1.807) is 24.3 Å². The van der Waals surface area contributed by atoms with Gasteiger partial charge in [-0.25, -0.2) is 4.79 Å². The van der Waals surface area contributed by atoms with Crippen molar-refractivity contribution in [2.75, 3.05) is 18.6 Å². The fraction of sp³-hybridized carbons (Fsp3) is 0.200. The van der Waals surface area contributed by atoms with Crippen LogP contribution in [0.15, 0.2) is 66.7 Å². The van der Waals surface area contributed by atoms with Crippen molar-refractivity contribution in [3.8, 4) is 17.2 Å². The van der Waals surface area contributed by atoms with Crippen molar-refractivity contribution in [2.45, 2.75) is 19.5 Å². The molecular formula is C25H22F3NO5. The van der Waals surface area contributed by atoms with E-state index in [0.29, 0.717) is 17.2 Å². The molecule has 178 valence electrons. The average Bonchev–Trinajstić information content (AvgIpc) is 2.80. The van der Waals surface area contributed by atoms with E-state index in [2.05, 4.69) is 0 Å². The lowest BCUT2D eigenvalue weighted by Gasteiger charge is -2.26. The molecule has 0 atom stereocenters. The molecule has 0 saturated heterocycles. The Bertz CT molecular complexity index is 1180. The van der Waals surface area contributed by atoms with Crippen molar-refractivity contribution >= 4 is 17.6 Å². The normalized spacial score (nSPS) is 11.1. The van der Waals surface area contributed by atoms with Gasteiger partial charge >= 0.3 is 12.1 Å². The van der Waals surface area contributed by atoms with Gasteiger partial charge < -0.3 is 19.5 Å². The highest BCUT2D eigenvalue weighted by Crippen LogP contribution is 2.32. The number of carbonyl (C=O) groups is 2. The molecule has 34 heavy (non-hydrogen) atoms. The lowest BCUT2D eigenvalue weighted by atomic mass is 10.0. The number of carbonyl (C=O) groups excluding carboxylic acids is 1. The van der Waals surface area contributed by atoms with Gasteiger partial charge in [-0.3, -0.25) is 4.79 Å². The number of para-hydroxylation sites is 2. The molecule has 1 amide bonds. The topological polar surface area (TPSA) is 76.1 Å². The molecule has 0 aromatic heterocycles. The lowest BCUT2D eigenvalue weighted by Crippen LogP contribution is -2.35. The van der Waals surface area contributed by atoms with Crippen molar-refractivity contribution in [3.63, 3.8) is 0 Å². The van der Waals surface area contributed by atoms with Gasteiger partial charge in [0.2, 0.25) is 0 Å². The Kier molecular flexibility index (Phi) is 7.45. The summed E-state index contributed by atoms with van der Waals surface area (Å²) in [6, 6.07) is 17.0. The second-order valence-corrected chi connectivity index (χ2v) is 7.35. The summed E-state index contributed by atoms with van der Waals surface area (Å²) in [6.45, 7) is 0.794. The van der Waals surface area contributed by atoms with Crippen molar-refractivity contribution in [1.29, 1.82) is 0 Å². The number of ether oxygens (including phenoxy) is 2. The van der Waals surface area contributed by atoms with Crippen LogP contribution < -0.4 is 14.4 Å². The highest BCUT2D eigenvalue weighted by molar-refractivity contribution is 6.07. The van der Waals surface area contributed by atoms with E-state index in [1.165, 1.54) is 56.5 Å². The second-order valence-electron chi connectivity index (χ2n) is 7.35. The van der Waals surface area contributed by atoms with E-state index in [0.717, 1.165) is 4.90 Å². The summed E-state index contributed by atoms with van der Waals surface area (Å²) >= 11 is 0. The first-order valence-corrected chi connectivity index (χ1v) is 10.2. The summed E-state index contributed by atoms with van der Waals surface area (Å²) in [4.78, 5) is 25.6. The minimum atomic E-state index is -4.50. The lowest BCUT2D eigenvalue weighted by molar-refractivity contribution is -0.132. The predicted molar refractivity (Wildman–Crippen MR) is 120 cm³/mol. The number of aromatic carboxylic acids is 1. The Morgan fingerprint density at radius 1 is 0.941 bits per heavy atom. The third kappa shape index (κ3) is 5.86. The van der Waals surface area contributed by atoms with E-state index in [9.17, 15) is 27.9 Å². The van der Waals surface area contributed by atoms with E-state index in [1.807, 2.05) is 0 Å². The molecule has 6 nitrogen and oxygen atoms in total. The van der Waals surface area contributed by atoms with Gasteiger partial charge in [-0.2, -0.15) is 13.2 Å². The first kappa shape index (κ1) is 24.6. The molecular weight excluding hydrogens is 451 g/mol. The number of nitrogens with zero attached hydrogens (tertiary/aromatic N) is 1. The van der Waals surface area contributed by atoms with Gasteiger partial charge in [-0.15, -0.1) is 0 Å². The number of alkyl halides is 3. The van der Waals surface area contributed by atoms with Gasteiger partial charge in [-0.1, -0.05) is 18.2 Å². The van der Waals surface area contributed by atoms with E-state index < -0.39 is 31.0 Å². The van der Waals surface area contributed by atoms with Crippen molar-refractivity contribution in [2.24, 2.45) is 0 Å². The number of hydrogen-bond donors (Lipinski definition) is 1. The molecule has 0 aliphatic carbocycles. The van der Waals surface area contributed by atoms with Crippen molar-refractivity contribution in [1.82, 2.24) is 0 Å². The summed E-state index contributed by atoms with van der Waals surface area (Å²) in [6.07, 6.45) is -5.74. The minimum Gasteiger partial charge on any atom is -0.493 e. The largest absolute Gasteiger partial charge is 0.493 e. The van der Waals surface area contributed by atoms with Gasteiger partial charge in [-0.05, 0) is 61.0 Å². The Morgan fingerprint density at radius 3 is 2.18 bits per heavy atom. The number of carboxylic acid groups (broad SMARTS) is 1. The molecule has 3 aromatic carbocycles. The highest BCUT2D eigenvalue weighted by atomic mass is 19.4. The summed E-state index contributed by atoms with van der Waals surface area (Å²) in [5, 5.41) is 9.37. The molecule has 0 heterocycles. The molecule has 0 unspecified atom stereocenters. The number of rotatable bonds is 8. The zero-order valence-electron chi connectivity index (χ0n) is 18.4. The number of benzene rings is 3. The molecule has 0 aliphatic heterocycles. The van der Waals surface area contributed by atoms with Gasteiger partial charge in [0, 0.05) is 17.8 Å². The predicted octanol–water partition coefficient (Wildman–Crippen LogP) is 6.09. The Labute approximate surface area is 194 Å². The van der Waals surface area contributed by atoms with Crippen LogP contribution in [0.2, 0.25) is 0 Å². The Balaban J connectivity index is 1.90. The molecule has 0 radical (unpaired) electrons. The number of amides is 1. The monoisotopic (exact) mass is 473 g/mol. The first-order chi connectivity index (χ1) is 16.1. The SMILES string of the molecule is COc1ccccc1Oc1ccc(C(=O)N(CCC(F)(F)F)c2cccc(C(=O)O)c2C)cc1. The van der Waals surface area contributed by atoms with Crippen LogP contribution in [0.3, 0.4) is 0 Å². The maximum Gasteiger partial charge on any atom is 0.390 e. The zero-order valence-corrected chi connectivity index (χ0v) is 18.4. The van der Waals surface area contributed by atoms with Crippen molar-refractivity contribution in [3.05, 3.63) is 83.4 Å². The fourth-order valence-corrected chi connectivity index (χ4v) is 3.37. The van der Waals surface area contributed by atoms with Crippen molar-refractivity contribution < 1.29 is 37.3 Å². The Hall–Kier alpha value is -4.01. The number of carboxylic acids is 1. The maximum absolute atomic E-state index is 13.2. The van der Waals surface area contributed by atoms with Gasteiger partial charge in [0.05, 0.1) is 19.1 Å². The van der Waals surface area contributed by atoms with Crippen LogP contribution in [0.1, 0.15) is 32.7 Å². The molecule has 0 bridgehead atoms. The fourth-order valence-electron chi connectivity index (χ4n) is 3.37. The molecule has 0 aliphatic rings. The van der Waals surface area contributed by atoms with E-state index in [4.69, 9.17) is 9.47 Å². The highest BCUT2D eigenvalue weighted by Gasteiger charge is 2.31. The van der Waals surface area contributed by atoms with Crippen LogP contribution in [0.4, 0.5) is 18.9 Å². The maximum atomic E-state index is 13.2. The van der Waals surface area contributed by atoms with Crippen LogP contribution in [0.5, 0.6) is 17.2 Å². The van der Waals surface area contributed by atoms with Crippen LogP contribution in [0, 0.1) is 6.92 Å². The summed E-state index contributed by atoms with van der Waals surface area (Å²) in [5.41, 5.74) is 0.322. The van der Waals surface area contributed by atoms with Crippen LogP contribution >= 0.6 is 0 Å². The standard InChI is InChI=1S/C25H22F3NO5/c1-16-19(24(31)32)6-5-7-20(16)29(15-14-25(26,27)28)23(30)17-10-12-18(13-11-17)34-22-9-4-3-8-21(22)33-2/h3-13H,14-15H2,1-2H3,(H,31,32). The van der Waals surface area contributed by atoms with Gasteiger partial charge in [0.15, 0.2) is 11.5 Å². The number of methoxy groups -OCH3 is 1.